The van der Waals surface area contributed by atoms with Crippen molar-refractivity contribution in [2.24, 2.45) is 0 Å². The van der Waals surface area contributed by atoms with Crippen molar-refractivity contribution in [3.05, 3.63) is 53.6 Å². The maximum absolute atomic E-state index is 13.1. The van der Waals surface area contributed by atoms with Crippen LogP contribution in [0.1, 0.15) is 22.3 Å². The highest BCUT2D eigenvalue weighted by atomic mass is 32.2. The lowest BCUT2D eigenvalue weighted by Gasteiger charge is -2.22. The SMILES string of the molecule is COC(=O)N1CCCN(C(=O)c2ccc(C)c(S(=O)(=O)Nc3ccc(OC)cc3)c2)CC1. The summed E-state index contributed by atoms with van der Waals surface area (Å²) >= 11 is 0. The van der Waals surface area contributed by atoms with Gasteiger partial charge in [0.1, 0.15) is 5.75 Å². The van der Waals surface area contributed by atoms with E-state index in [0.29, 0.717) is 49.6 Å². The summed E-state index contributed by atoms with van der Waals surface area (Å²) in [5.41, 5.74) is 1.19. The Balaban J connectivity index is 1.79. The van der Waals surface area contributed by atoms with Crippen LogP contribution in [0.2, 0.25) is 0 Å². The summed E-state index contributed by atoms with van der Waals surface area (Å²) in [4.78, 5) is 28.1. The van der Waals surface area contributed by atoms with Crippen LogP contribution in [0.4, 0.5) is 10.5 Å². The van der Waals surface area contributed by atoms with Crippen LogP contribution in [-0.2, 0) is 14.8 Å². The highest BCUT2D eigenvalue weighted by Gasteiger charge is 2.25. The average Bonchev–Trinajstić information content (AvgIpc) is 3.05. The molecule has 0 aromatic heterocycles. The highest BCUT2D eigenvalue weighted by molar-refractivity contribution is 7.92. The molecule has 0 unspecified atom stereocenters. The first-order valence-electron chi connectivity index (χ1n) is 10.1. The third kappa shape index (κ3) is 5.31. The Morgan fingerprint density at radius 3 is 2.25 bits per heavy atom. The predicted molar refractivity (Wildman–Crippen MR) is 119 cm³/mol. The third-order valence-corrected chi connectivity index (χ3v) is 6.81. The van der Waals surface area contributed by atoms with E-state index in [1.54, 1.807) is 53.1 Å². The van der Waals surface area contributed by atoms with Gasteiger partial charge in [0.2, 0.25) is 0 Å². The second-order valence-corrected chi connectivity index (χ2v) is 9.07. The number of nitrogens with zero attached hydrogens (tertiary/aromatic N) is 2. The molecule has 0 atom stereocenters. The molecule has 172 valence electrons. The Kier molecular flexibility index (Phi) is 7.24. The molecule has 1 saturated heterocycles. The van der Waals surface area contributed by atoms with Gasteiger partial charge in [0.15, 0.2) is 0 Å². The molecule has 9 nitrogen and oxygen atoms in total. The normalized spacial score (nSPS) is 14.5. The van der Waals surface area contributed by atoms with Crippen LogP contribution in [0.25, 0.3) is 0 Å². The number of sulfonamides is 1. The lowest BCUT2D eigenvalue weighted by Crippen LogP contribution is -2.37. The van der Waals surface area contributed by atoms with Crippen LogP contribution >= 0.6 is 0 Å². The number of nitrogens with one attached hydrogen (secondary N) is 1. The van der Waals surface area contributed by atoms with Crippen LogP contribution in [0, 0.1) is 6.92 Å². The number of aryl methyl sites for hydroxylation is 1. The first kappa shape index (κ1) is 23.4. The molecular formula is C22H27N3O6S. The van der Waals surface area contributed by atoms with Gasteiger partial charge in [-0.2, -0.15) is 0 Å². The lowest BCUT2D eigenvalue weighted by atomic mass is 10.1. The molecule has 1 N–H and O–H groups in total. The van der Waals surface area contributed by atoms with Gasteiger partial charge in [-0.15, -0.1) is 0 Å². The maximum Gasteiger partial charge on any atom is 0.409 e. The average molecular weight is 462 g/mol. The topological polar surface area (TPSA) is 105 Å². The minimum Gasteiger partial charge on any atom is -0.497 e. The van der Waals surface area contributed by atoms with Crippen LogP contribution in [0.3, 0.4) is 0 Å². The number of rotatable bonds is 5. The minimum atomic E-state index is -3.91. The molecule has 0 radical (unpaired) electrons. The number of ether oxygens (including phenoxy) is 2. The number of carbonyl (C=O) groups is 2. The van der Waals surface area contributed by atoms with Gasteiger partial charge in [0.05, 0.1) is 19.1 Å². The van der Waals surface area contributed by atoms with E-state index in [4.69, 9.17) is 9.47 Å². The Hall–Kier alpha value is -3.27. The van der Waals surface area contributed by atoms with Crippen molar-refractivity contribution in [1.82, 2.24) is 9.80 Å². The molecule has 1 heterocycles. The van der Waals surface area contributed by atoms with Crippen molar-refractivity contribution in [2.45, 2.75) is 18.2 Å². The first-order chi connectivity index (χ1) is 15.2. The van der Waals surface area contributed by atoms with E-state index in [-0.39, 0.29) is 16.4 Å². The van der Waals surface area contributed by atoms with Gasteiger partial charge in [-0.25, -0.2) is 13.2 Å². The van der Waals surface area contributed by atoms with E-state index in [9.17, 15) is 18.0 Å². The molecule has 1 aliphatic rings. The van der Waals surface area contributed by atoms with E-state index < -0.39 is 16.1 Å². The van der Waals surface area contributed by atoms with Crippen molar-refractivity contribution in [1.29, 1.82) is 0 Å². The van der Waals surface area contributed by atoms with E-state index in [2.05, 4.69) is 4.72 Å². The number of amides is 2. The molecule has 2 aromatic rings. The quantitative estimate of drug-likeness (QED) is 0.734. The lowest BCUT2D eigenvalue weighted by molar-refractivity contribution is 0.0757. The molecule has 2 aromatic carbocycles. The second-order valence-electron chi connectivity index (χ2n) is 7.42. The fourth-order valence-electron chi connectivity index (χ4n) is 3.51. The molecule has 0 bridgehead atoms. The van der Waals surface area contributed by atoms with Crippen LogP contribution in [0.15, 0.2) is 47.4 Å². The molecule has 32 heavy (non-hydrogen) atoms. The smallest absolute Gasteiger partial charge is 0.409 e. The Morgan fingerprint density at radius 2 is 1.59 bits per heavy atom. The molecule has 0 spiro atoms. The van der Waals surface area contributed by atoms with Crippen LogP contribution < -0.4 is 9.46 Å². The number of benzene rings is 2. The van der Waals surface area contributed by atoms with Crippen molar-refractivity contribution in [3.63, 3.8) is 0 Å². The zero-order valence-corrected chi connectivity index (χ0v) is 19.1. The van der Waals surface area contributed by atoms with Crippen molar-refractivity contribution in [3.8, 4) is 5.75 Å². The van der Waals surface area contributed by atoms with Gasteiger partial charge >= 0.3 is 6.09 Å². The molecule has 2 amide bonds. The molecular weight excluding hydrogens is 434 g/mol. The van der Waals surface area contributed by atoms with Crippen LogP contribution in [-0.4, -0.2) is 70.6 Å². The van der Waals surface area contributed by atoms with Gasteiger partial charge in [-0.3, -0.25) is 9.52 Å². The zero-order chi connectivity index (χ0) is 23.3. The zero-order valence-electron chi connectivity index (χ0n) is 18.3. The van der Waals surface area contributed by atoms with E-state index in [1.165, 1.54) is 20.3 Å². The summed E-state index contributed by atoms with van der Waals surface area (Å²) in [5.74, 6) is 0.331. The summed E-state index contributed by atoms with van der Waals surface area (Å²) < 4.78 is 38.4. The van der Waals surface area contributed by atoms with E-state index in [0.717, 1.165) is 0 Å². The van der Waals surface area contributed by atoms with Crippen molar-refractivity contribution in [2.75, 3.05) is 45.1 Å². The summed E-state index contributed by atoms with van der Waals surface area (Å²) in [6.45, 7) is 3.33. The van der Waals surface area contributed by atoms with Gasteiger partial charge in [0.25, 0.3) is 15.9 Å². The largest absolute Gasteiger partial charge is 0.497 e. The Labute approximate surface area is 188 Å². The fourth-order valence-corrected chi connectivity index (χ4v) is 4.84. The van der Waals surface area contributed by atoms with Crippen LogP contribution in [0.5, 0.6) is 5.75 Å². The predicted octanol–water partition coefficient (Wildman–Crippen LogP) is 2.72. The summed E-state index contributed by atoms with van der Waals surface area (Å²) in [7, 11) is -1.06. The number of anilines is 1. The maximum atomic E-state index is 13.1. The molecule has 0 saturated carbocycles. The molecule has 0 aliphatic carbocycles. The Bertz CT molecular complexity index is 1090. The number of carbonyl (C=O) groups excluding carboxylic acids is 2. The summed E-state index contributed by atoms with van der Waals surface area (Å²) in [6, 6.07) is 11.1. The van der Waals surface area contributed by atoms with Crippen molar-refractivity contribution < 1.29 is 27.5 Å². The van der Waals surface area contributed by atoms with Crippen molar-refractivity contribution >= 4 is 27.7 Å². The number of hydrogen-bond acceptors (Lipinski definition) is 6. The number of methoxy groups -OCH3 is 2. The highest BCUT2D eigenvalue weighted by Crippen LogP contribution is 2.23. The van der Waals surface area contributed by atoms with Gasteiger partial charge < -0.3 is 19.3 Å². The molecule has 1 aliphatic heterocycles. The van der Waals surface area contributed by atoms with E-state index >= 15 is 0 Å². The Morgan fingerprint density at radius 1 is 0.938 bits per heavy atom. The minimum absolute atomic E-state index is 0.0326. The third-order valence-electron chi connectivity index (χ3n) is 5.28. The molecule has 10 heteroatoms. The molecule has 3 rings (SSSR count). The van der Waals surface area contributed by atoms with Gasteiger partial charge in [0, 0.05) is 37.4 Å². The number of hydrogen-bond donors (Lipinski definition) is 1. The monoisotopic (exact) mass is 461 g/mol. The van der Waals surface area contributed by atoms with E-state index in [1.807, 2.05) is 0 Å². The first-order valence-corrected chi connectivity index (χ1v) is 11.6. The van der Waals surface area contributed by atoms with Gasteiger partial charge in [-0.1, -0.05) is 6.07 Å². The molecule has 1 fully saturated rings. The standard InChI is InChI=1S/C22H27N3O6S/c1-16-5-6-17(21(26)24-11-4-12-25(14-13-24)22(27)31-3)15-20(16)32(28,29)23-18-7-9-19(30-2)10-8-18/h5-10,15,23H,4,11-14H2,1-3H3. The summed E-state index contributed by atoms with van der Waals surface area (Å²) in [6.07, 6.45) is 0.185. The van der Waals surface area contributed by atoms with Gasteiger partial charge in [-0.05, 0) is 55.3 Å². The summed E-state index contributed by atoms with van der Waals surface area (Å²) in [5, 5.41) is 0. The fraction of sp³-hybridized carbons (Fsp3) is 0.364. The second kappa shape index (κ2) is 9.90.